The third kappa shape index (κ3) is 18.3. The minimum absolute atomic E-state index is 0.372. The summed E-state index contributed by atoms with van der Waals surface area (Å²) in [6, 6.07) is -0.973. The molecule has 0 bridgehead atoms. The first-order valence-electron chi connectivity index (χ1n) is 13.9. The van der Waals surface area contributed by atoms with E-state index in [1.54, 1.807) is 0 Å². The van der Waals surface area contributed by atoms with Gasteiger partial charge in [-0.3, -0.25) is 4.79 Å². The highest BCUT2D eigenvalue weighted by Crippen LogP contribution is 2.14. The van der Waals surface area contributed by atoms with Crippen LogP contribution >= 0.6 is 0 Å². The molecule has 4 unspecified atom stereocenters. The second kappa shape index (κ2) is 23.1. The fourth-order valence-electron chi connectivity index (χ4n) is 4.22. The molecule has 0 fully saturated rings. The van der Waals surface area contributed by atoms with Gasteiger partial charge in [0.25, 0.3) is 0 Å². The van der Waals surface area contributed by atoms with Crippen LogP contribution in [0.3, 0.4) is 0 Å². The van der Waals surface area contributed by atoms with E-state index in [2.05, 4.69) is 19.2 Å². The van der Waals surface area contributed by atoms with Crippen molar-refractivity contribution >= 4 is 5.91 Å². The fourth-order valence-corrected chi connectivity index (χ4v) is 4.22. The molecule has 0 spiro atoms. The Kier molecular flexibility index (Phi) is 22.6. The zero-order chi connectivity index (χ0) is 24.7. The van der Waals surface area contributed by atoms with Gasteiger partial charge in [0.1, 0.15) is 12.2 Å². The summed E-state index contributed by atoms with van der Waals surface area (Å²) in [4.78, 5) is 12.2. The predicted octanol–water partition coefficient (Wildman–Crippen LogP) is 5.00. The van der Waals surface area contributed by atoms with Crippen LogP contribution in [0.15, 0.2) is 0 Å². The fraction of sp³-hybridized carbons (Fsp3) is 0.963. The average molecular weight is 474 g/mol. The molecule has 0 aliphatic carbocycles. The van der Waals surface area contributed by atoms with Crippen molar-refractivity contribution in [2.24, 2.45) is 0 Å². The first-order valence-corrected chi connectivity index (χ1v) is 13.9. The molecule has 0 saturated carbocycles. The Morgan fingerprint density at radius 1 is 0.636 bits per heavy atom. The highest BCUT2D eigenvalue weighted by Gasteiger charge is 2.28. The molecule has 4 atom stereocenters. The van der Waals surface area contributed by atoms with Gasteiger partial charge >= 0.3 is 0 Å². The summed E-state index contributed by atoms with van der Waals surface area (Å²) < 4.78 is 0. The van der Waals surface area contributed by atoms with E-state index < -0.39 is 36.9 Å². The van der Waals surface area contributed by atoms with Crippen LogP contribution in [-0.4, -0.2) is 57.3 Å². The van der Waals surface area contributed by atoms with Gasteiger partial charge < -0.3 is 25.7 Å². The Balaban J connectivity index is 3.97. The number of hydrogen-bond acceptors (Lipinski definition) is 5. The van der Waals surface area contributed by atoms with E-state index in [-0.39, 0.29) is 0 Å². The summed E-state index contributed by atoms with van der Waals surface area (Å²) in [6.07, 6.45) is 17.1. The molecule has 6 heteroatoms. The third-order valence-electron chi connectivity index (χ3n) is 6.57. The van der Waals surface area contributed by atoms with Crippen molar-refractivity contribution < 1.29 is 25.2 Å². The summed E-state index contributed by atoms with van der Waals surface area (Å²) in [5.74, 6) is -0.591. The van der Waals surface area contributed by atoms with E-state index in [0.29, 0.717) is 12.8 Å². The first-order chi connectivity index (χ1) is 16.0. The molecule has 0 aromatic heterocycles. The van der Waals surface area contributed by atoms with Gasteiger partial charge in [0.2, 0.25) is 5.91 Å². The zero-order valence-corrected chi connectivity index (χ0v) is 21.6. The van der Waals surface area contributed by atoms with Gasteiger partial charge in [-0.15, -0.1) is 0 Å². The molecule has 1 amide bonds. The van der Waals surface area contributed by atoms with Crippen LogP contribution in [0, 0.1) is 0 Å². The van der Waals surface area contributed by atoms with Crippen molar-refractivity contribution in [2.75, 3.05) is 6.61 Å². The second-order valence-corrected chi connectivity index (χ2v) is 9.75. The molecule has 0 rings (SSSR count). The largest absolute Gasteiger partial charge is 0.394 e. The topological polar surface area (TPSA) is 110 Å². The van der Waals surface area contributed by atoms with Crippen molar-refractivity contribution in [3.63, 3.8) is 0 Å². The number of rotatable bonds is 24. The molecular formula is C27H55NO5. The van der Waals surface area contributed by atoms with E-state index in [1.165, 1.54) is 70.6 Å². The molecule has 0 heterocycles. The average Bonchev–Trinajstić information content (AvgIpc) is 2.82. The van der Waals surface area contributed by atoms with Crippen molar-refractivity contribution in [2.45, 2.75) is 160 Å². The molecule has 0 aromatic carbocycles. The molecule has 5 N–H and O–H groups in total. The lowest BCUT2D eigenvalue weighted by molar-refractivity contribution is -0.132. The molecule has 33 heavy (non-hydrogen) atoms. The smallest absolute Gasteiger partial charge is 0.249 e. The lowest BCUT2D eigenvalue weighted by Crippen LogP contribution is -2.53. The molecule has 198 valence electrons. The molecule has 0 aromatic rings. The standard InChI is InChI=1S/C27H55NO5/c1-3-5-7-9-11-13-15-17-19-21-25(31)27(33)28-23(22-29)26(32)24(30)20-18-16-14-12-10-8-6-4-2/h23-26,29-32H,3-22H2,1-2H3,(H,28,33). The zero-order valence-electron chi connectivity index (χ0n) is 21.6. The Bertz CT molecular complexity index is 435. The lowest BCUT2D eigenvalue weighted by atomic mass is 9.99. The molecule has 6 nitrogen and oxygen atoms in total. The number of amides is 1. The summed E-state index contributed by atoms with van der Waals surface area (Å²) >= 11 is 0. The van der Waals surface area contributed by atoms with Crippen molar-refractivity contribution in [3.05, 3.63) is 0 Å². The van der Waals surface area contributed by atoms with Crippen LogP contribution in [0.25, 0.3) is 0 Å². The summed E-state index contributed by atoms with van der Waals surface area (Å²) in [5.41, 5.74) is 0. The number of carbonyl (C=O) groups excluding carboxylic acids is 1. The normalized spacial score (nSPS) is 15.2. The van der Waals surface area contributed by atoms with Crippen LogP contribution in [0.2, 0.25) is 0 Å². The Morgan fingerprint density at radius 3 is 1.45 bits per heavy atom. The maximum Gasteiger partial charge on any atom is 0.249 e. The summed E-state index contributed by atoms with van der Waals surface area (Å²) in [7, 11) is 0. The number of carbonyl (C=O) groups is 1. The van der Waals surface area contributed by atoms with Crippen molar-refractivity contribution in [1.29, 1.82) is 0 Å². The van der Waals surface area contributed by atoms with E-state index in [4.69, 9.17) is 0 Å². The van der Waals surface area contributed by atoms with E-state index >= 15 is 0 Å². The summed E-state index contributed by atoms with van der Waals surface area (Å²) in [5, 5.41) is 42.8. The molecular weight excluding hydrogens is 418 g/mol. The Hall–Kier alpha value is -0.690. The predicted molar refractivity (Wildman–Crippen MR) is 136 cm³/mol. The molecule has 0 aliphatic heterocycles. The maximum atomic E-state index is 12.2. The van der Waals surface area contributed by atoms with Gasteiger partial charge in [0.15, 0.2) is 0 Å². The SMILES string of the molecule is CCCCCCCCCCCC(O)C(=O)NC(CO)C(O)C(O)CCCCCCCCCC. The van der Waals surface area contributed by atoms with Gasteiger partial charge in [-0.2, -0.15) is 0 Å². The van der Waals surface area contributed by atoms with E-state index in [1.807, 2.05) is 0 Å². The number of aliphatic hydroxyl groups is 4. The van der Waals surface area contributed by atoms with Gasteiger partial charge in [-0.05, 0) is 12.8 Å². The highest BCUT2D eigenvalue weighted by atomic mass is 16.3. The van der Waals surface area contributed by atoms with Gasteiger partial charge in [0, 0.05) is 0 Å². The highest BCUT2D eigenvalue weighted by molar-refractivity contribution is 5.80. The van der Waals surface area contributed by atoms with E-state index in [0.717, 1.165) is 38.5 Å². The lowest BCUT2D eigenvalue weighted by Gasteiger charge is -2.27. The van der Waals surface area contributed by atoms with Crippen LogP contribution in [0.4, 0.5) is 0 Å². The van der Waals surface area contributed by atoms with Gasteiger partial charge in [-0.1, -0.05) is 123 Å². The van der Waals surface area contributed by atoms with Crippen molar-refractivity contribution in [3.8, 4) is 0 Å². The van der Waals surface area contributed by atoms with Crippen molar-refractivity contribution in [1.82, 2.24) is 5.32 Å². The Morgan fingerprint density at radius 2 is 1.03 bits per heavy atom. The number of unbranched alkanes of at least 4 members (excludes halogenated alkanes) is 15. The van der Waals surface area contributed by atoms with Crippen LogP contribution in [0.1, 0.15) is 136 Å². The molecule has 0 saturated heterocycles. The van der Waals surface area contributed by atoms with Gasteiger partial charge in [0.05, 0.1) is 18.8 Å². The second-order valence-electron chi connectivity index (χ2n) is 9.75. The van der Waals surface area contributed by atoms with Crippen LogP contribution in [-0.2, 0) is 4.79 Å². The number of hydrogen-bond donors (Lipinski definition) is 5. The van der Waals surface area contributed by atoms with Crippen LogP contribution < -0.4 is 5.32 Å². The maximum absolute atomic E-state index is 12.2. The van der Waals surface area contributed by atoms with E-state index in [9.17, 15) is 25.2 Å². The number of aliphatic hydroxyl groups excluding tert-OH is 4. The minimum Gasteiger partial charge on any atom is -0.394 e. The monoisotopic (exact) mass is 473 g/mol. The quantitative estimate of drug-likeness (QED) is 0.127. The molecule has 0 radical (unpaired) electrons. The first kappa shape index (κ1) is 32.3. The number of nitrogens with one attached hydrogen (secondary N) is 1. The summed E-state index contributed by atoms with van der Waals surface area (Å²) in [6.45, 7) is 3.94. The third-order valence-corrected chi connectivity index (χ3v) is 6.57. The Labute approximate surface area is 203 Å². The minimum atomic E-state index is -1.25. The molecule has 0 aliphatic rings. The van der Waals surface area contributed by atoms with Crippen LogP contribution in [0.5, 0.6) is 0 Å². The van der Waals surface area contributed by atoms with Gasteiger partial charge in [-0.25, -0.2) is 0 Å².